The largest absolute Gasteiger partial charge is 0.479 e. The summed E-state index contributed by atoms with van der Waals surface area (Å²) in [5.74, 6) is -0.892. The van der Waals surface area contributed by atoms with Gasteiger partial charge in [-0.2, -0.15) is 0 Å². The van der Waals surface area contributed by atoms with Crippen LogP contribution in [0.5, 0.6) is 0 Å². The van der Waals surface area contributed by atoms with E-state index in [0.717, 1.165) is 32.1 Å². The van der Waals surface area contributed by atoms with Gasteiger partial charge in [0.15, 0.2) is 6.10 Å². The van der Waals surface area contributed by atoms with E-state index in [0.29, 0.717) is 13.0 Å². The van der Waals surface area contributed by atoms with E-state index in [1.165, 1.54) is 0 Å². The Balaban J connectivity index is 3.55. The summed E-state index contributed by atoms with van der Waals surface area (Å²) < 4.78 is 5.23. The first kappa shape index (κ1) is 20.4. The van der Waals surface area contributed by atoms with Crippen LogP contribution < -0.4 is 0 Å². The van der Waals surface area contributed by atoms with Crippen LogP contribution in [-0.4, -0.2) is 23.8 Å². The summed E-state index contributed by atoms with van der Waals surface area (Å²) in [6.07, 6.45) is 21.8. The molecule has 3 nitrogen and oxygen atoms in total. The van der Waals surface area contributed by atoms with Crippen molar-refractivity contribution in [2.24, 2.45) is 0 Å². The van der Waals surface area contributed by atoms with Crippen LogP contribution in [0.2, 0.25) is 0 Å². The molecular formula is C19H30O3. The highest BCUT2D eigenvalue weighted by atomic mass is 16.5. The molecule has 22 heavy (non-hydrogen) atoms. The fourth-order valence-corrected chi connectivity index (χ4v) is 1.74. The maximum Gasteiger partial charge on any atom is 0.332 e. The molecule has 0 amide bonds. The van der Waals surface area contributed by atoms with E-state index >= 15 is 0 Å². The van der Waals surface area contributed by atoms with Gasteiger partial charge >= 0.3 is 5.97 Å². The molecule has 0 aliphatic carbocycles. The van der Waals surface area contributed by atoms with Gasteiger partial charge in [-0.3, -0.25) is 0 Å². The predicted octanol–water partition coefficient (Wildman–Crippen LogP) is 5.06. The number of ether oxygens (including phenoxy) is 1. The number of carboxylic acid groups (broad SMARTS) is 1. The highest BCUT2D eigenvalue weighted by Gasteiger charge is 2.13. The molecule has 0 saturated carbocycles. The van der Waals surface area contributed by atoms with Crippen LogP contribution >= 0.6 is 0 Å². The molecule has 1 unspecified atom stereocenters. The lowest BCUT2D eigenvalue weighted by Crippen LogP contribution is -2.22. The molecule has 0 aromatic heterocycles. The van der Waals surface area contributed by atoms with E-state index in [1.807, 2.05) is 19.1 Å². The van der Waals surface area contributed by atoms with Crippen molar-refractivity contribution >= 4 is 5.97 Å². The molecule has 0 aliphatic heterocycles. The first-order valence-electron chi connectivity index (χ1n) is 8.16. The molecule has 0 radical (unpaired) electrons. The lowest BCUT2D eigenvalue weighted by molar-refractivity contribution is -0.149. The molecule has 1 atom stereocenters. The molecule has 3 heteroatoms. The van der Waals surface area contributed by atoms with Crippen molar-refractivity contribution in [3.05, 3.63) is 48.6 Å². The average Bonchev–Trinajstić information content (AvgIpc) is 2.51. The third-order valence-corrected chi connectivity index (χ3v) is 2.99. The fraction of sp³-hybridized carbons (Fsp3) is 0.526. The Morgan fingerprint density at radius 3 is 2.00 bits per heavy atom. The van der Waals surface area contributed by atoms with Crippen molar-refractivity contribution in [2.75, 3.05) is 6.61 Å². The van der Waals surface area contributed by atoms with Crippen LogP contribution in [0.3, 0.4) is 0 Å². The zero-order valence-corrected chi connectivity index (χ0v) is 13.9. The second-order valence-electron chi connectivity index (χ2n) is 4.91. The molecule has 0 spiro atoms. The van der Waals surface area contributed by atoms with Gasteiger partial charge in [-0.1, -0.05) is 62.5 Å². The molecule has 0 rings (SSSR count). The van der Waals surface area contributed by atoms with Crippen molar-refractivity contribution < 1.29 is 14.6 Å². The van der Waals surface area contributed by atoms with Crippen molar-refractivity contribution in [2.45, 2.75) is 58.5 Å². The third-order valence-electron chi connectivity index (χ3n) is 2.99. The summed E-state index contributed by atoms with van der Waals surface area (Å²) in [5.41, 5.74) is 0. The number of rotatable bonds is 13. The van der Waals surface area contributed by atoms with Crippen molar-refractivity contribution in [3.8, 4) is 0 Å². The Bertz CT molecular complexity index is 378. The zero-order chi connectivity index (χ0) is 16.5. The number of hydrogen-bond acceptors (Lipinski definition) is 2. The van der Waals surface area contributed by atoms with Gasteiger partial charge in [0.05, 0.1) is 6.61 Å². The Labute approximate surface area is 135 Å². The number of unbranched alkanes of at least 4 members (excludes halogenated alkanes) is 1. The van der Waals surface area contributed by atoms with Gasteiger partial charge in [0.2, 0.25) is 0 Å². The smallest absolute Gasteiger partial charge is 0.332 e. The SMILES string of the molecule is CC/C=C\C/C=C\C/C=C\CC/C=C/COC(CC)C(=O)O. The van der Waals surface area contributed by atoms with E-state index in [1.54, 1.807) is 0 Å². The summed E-state index contributed by atoms with van der Waals surface area (Å²) in [6, 6.07) is 0. The molecule has 124 valence electrons. The van der Waals surface area contributed by atoms with Crippen molar-refractivity contribution in [1.29, 1.82) is 0 Å². The topological polar surface area (TPSA) is 46.5 Å². The van der Waals surface area contributed by atoms with Gasteiger partial charge in [0.1, 0.15) is 0 Å². The summed E-state index contributed by atoms with van der Waals surface area (Å²) in [6.45, 7) is 4.31. The lowest BCUT2D eigenvalue weighted by atomic mass is 10.2. The molecule has 0 fully saturated rings. The summed E-state index contributed by atoms with van der Waals surface area (Å²) in [4.78, 5) is 10.7. The minimum Gasteiger partial charge on any atom is -0.479 e. The van der Waals surface area contributed by atoms with Crippen LogP contribution in [0.15, 0.2) is 48.6 Å². The number of allylic oxidation sites excluding steroid dienone is 7. The van der Waals surface area contributed by atoms with E-state index in [-0.39, 0.29) is 0 Å². The minimum absolute atomic E-state index is 0.364. The maximum absolute atomic E-state index is 10.7. The standard InChI is InChI=1S/C19H30O3/c1-3-5-6-7-8-9-10-11-12-13-14-15-16-17-22-18(4-2)19(20)21/h5-6,8-9,11-12,15-16,18H,3-4,7,10,13-14,17H2,1-2H3,(H,20,21)/b6-5-,9-8-,12-11-,16-15+. The van der Waals surface area contributed by atoms with Crippen molar-refractivity contribution in [3.63, 3.8) is 0 Å². The maximum atomic E-state index is 10.7. The Morgan fingerprint density at radius 1 is 0.909 bits per heavy atom. The first-order valence-corrected chi connectivity index (χ1v) is 8.16. The quantitative estimate of drug-likeness (QED) is 0.382. The minimum atomic E-state index is -0.892. The average molecular weight is 306 g/mol. The van der Waals surface area contributed by atoms with Crippen LogP contribution in [0.1, 0.15) is 52.4 Å². The van der Waals surface area contributed by atoms with Crippen LogP contribution in [0.25, 0.3) is 0 Å². The zero-order valence-electron chi connectivity index (χ0n) is 13.9. The molecule has 0 aromatic rings. The molecule has 0 aromatic carbocycles. The molecule has 1 N–H and O–H groups in total. The van der Waals surface area contributed by atoms with Gasteiger partial charge in [0.25, 0.3) is 0 Å². The third kappa shape index (κ3) is 13.4. The van der Waals surface area contributed by atoms with E-state index < -0.39 is 12.1 Å². The van der Waals surface area contributed by atoms with Crippen LogP contribution in [0.4, 0.5) is 0 Å². The van der Waals surface area contributed by atoms with Gasteiger partial charge in [-0.05, 0) is 38.5 Å². The van der Waals surface area contributed by atoms with E-state index in [9.17, 15) is 4.79 Å². The first-order chi connectivity index (χ1) is 10.7. The van der Waals surface area contributed by atoms with E-state index in [4.69, 9.17) is 9.84 Å². The molecule has 0 saturated heterocycles. The number of hydrogen-bond donors (Lipinski definition) is 1. The molecule has 0 aliphatic rings. The van der Waals surface area contributed by atoms with Gasteiger partial charge in [0, 0.05) is 0 Å². The van der Waals surface area contributed by atoms with Crippen LogP contribution in [-0.2, 0) is 9.53 Å². The summed E-state index contributed by atoms with van der Waals surface area (Å²) in [5, 5.41) is 8.81. The number of aliphatic carboxylic acids is 1. The second kappa shape index (κ2) is 15.8. The summed E-state index contributed by atoms with van der Waals surface area (Å²) in [7, 11) is 0. The highest BCUT2D eigenvalue weighted by molar-refractivity contribution is 5.72. The lowest BCUT2D eigenvalue weighted by Gasteiger charge is -2.08. The van der Waals surface area contributed by atoms with Crippen molar-refractivity contribution in [1.82, 2.24) is 0 Å². The monoisotopic (exact) mass is 306 g/mol. The molecule has 0 bridgehead atoms. The van der Waals surface area contributed by atoms with Crippen LogP contribution in [0, 0.1) is 0 Å². The highest BCUT2D eigenvalue weighted by Crippen LogP contribution is 2.00. The molecular weight excluding hydrogens is 276 g/mol. The Morgan fingerprint density at radius 2 is 1.45 bits per heavy atom. The normalized spacial score (nSPS) is 13.9. The number of carbonyl (C=O) groups is 1. The number of carboxylic acids is 1. The Kier molecular flexibility index (Phi) is 14.6. The second-order valence-corrected chi connectivity index (χ2v) is 4.91. The fourth-order valence-electron chi connectivity index (χ4n) is 1.74. The van der Waals surface area contributed by atoms with Gasteiger partial charge in [-0.25, -0.2) is 4.79 Å². The van der Waals surface area contributed by atoms with Gasteiger partial charge < -0.3 is 9.84 Å². The van der Waals surface area contributed by atoms with E-state index in [2.05, 4.69) is 43.4 Å². The Hall–Kier alpha value is -1.61. The van der Waals surface area contributed by atoms with Gasteiger partial charge in [-0.15, -0.1) is 0 Å². The predicted molar refractivity (Wildman–Crippen MR) is 93.0 cm³/mol. The molecule has 0 heterocycles. The summed E-state index contributed by atoms with van der Waals surface area (Å²) >= 11 is 0.